The zero-order valence-corrected chi connectivity index (χ0v) is 10.1. The molecule has 0 saturated carbocycles. The number of amides is 1. The first-order valence-electron chi connectivity index (χ1n) is 5.62. The third kappa shape index (κ3) is 4.26. The molecule has 0 unspecified atom stereocenters. The molecule has 5 nitrogen and oxygen atoms in total. The normalized spacial score (nSPS) is 9.33. The number of hydrogen-bond donors (Lipinski definition) is 1. The van der Waals surface area contributed by atoms with Crippen LogP contribution in [0.3, 0.4) is 0 Å². The smallest absolute Gasteiger partial charge is 0.306 e. The van der Waals surface area contributed by atoms with E-state index in [1.807, 2.05) is 13.0 Å². The molecule has 0 radical (unpaired) electrons. The van der Waals surface area contributed by atoms with Gasteiger partial charge < -0.3 is 10.1 Å². The van der Waals surface area contributed by atoms with Crippen LogP contribution in [0.2, 0.25) is 0 Å². The molecule has 0 spiro atoms. The topological polar surface area (TPSA) is 79.2 Å². The van der Waals surface area contributed by atoms with Crippen molar-refractivity contribution in [1.29, 1.82) is 5.26 Å². The number of anilines is 1. The number of hydrogen-bond acceptors (Lipinski definition) is 4. The van der Waals surface area contributed by atoms with E-state index in [2.05, 4.69) is 5.32 Å². The molecule has 0 fully saturated rings. The number of benzene rings is 1. The van der Waals surface area contributed by atoms with E-state index in [-0.39, 0.29) is 6.61 Å². The molecule has 18 heavy (non-hydrogen) atoms. The third-order valence-corrected chi connectivity index (χ3v) is 2.14. The number of nitriles is 1. The molecule has 1 amide bonds. The summed E-state index contributed by atoms with van der Waals surface area (Å²) in [5.41, 5.74) is 0.780. The molecule has 0 aliphatic heterocycles. The van der Waals surface area contributed by atoms with Crippen molar-refractivity contribution in [1.82, 2.24) is 0 Å². The lowest BCUT2D eigenvalue weighted by molar-refractivity contribution is -0.147. The summed E-state index contributed by atoms with van der Waals surface area (Å²) in [6.07, 6.45) is 0.972. The van der Waals surface area contributed by atoms with Gasteiger partial charge in [-0.2, -0.15) is 5.26 Å². The van der Waals surface area contributed by atoms with Crippen LogP contribution in [0.1, 0.15) is 25.3 Å². The molecule has 5 heteroatoms. The number of rotatable bonds is 5. The predicted molar refractivity (Wildman–Crippen MR) is 65.7 cm³/mol. The van der Waals surface area contributed by atoms with Gasteiger partial charge >= 0.3 is 5.97 Å². The Balaban J connectivity index is 2.50. The highest BCUT2D eigenvalue weighted by atomic mass is 16.5. The first-order chi connectivity index (χ1) is 8.67. The highest BCUT2D eigenvalue weighted by Crippen LogP contribution is 2.13. The predicted octanol–water partition coefficient (Wildman–Crippen LogP) is 1.84. The van der Waals surface area contributed by atoms with Gasteiger partial charge in [0.2, 0.25) is 0 Å². The molecule has 0 aliphatic carbocycles. The Hall–Kier alpha value is -2.35. The van der Waals surface area contributed by atoms with Crippen molar-refractivity contribution < 1.29 is 14.3 Å². The zero-order valence-electron chi connectivity index (χ0n) is 10.1. The van der Waals surface area contributed by atoms with Gasteiger partial charge in [0.15, 0.2) is 6.61 Å². The van der Waals surface area contributed by atoms with Gasteiger partial charge in [-0.25, -0.2) is 0 Å². The van der Waals surface area contributed by atoms with Crippen molar-refractivity contribution in [2.24, 2.45) is 0 Å². The van der Waals surface area contributed by atoms with Crippen LogP contribution in [0.25, 0.3) is 0 Å². The maximum atomic E-state index is 11.5. The Labute approximate surface area is 105 Å². The number of para-hydroxylation sites is 1. The molecule has 0 atom stereocenters. The fourth-order valence-electron chi connectivity index (χ4n) is 1.30. The first kappa shape index (κ1) is 13.7. The highest BCUT2D eigenvalue weighted by Gasteiger charge is 2.08. The van der Waals surface area contributed by atoms with Crippen LogP contribution in [0.15, 0.2) is 24.3 Å². The van der Waals surface area contributed by atoms with Gasteiger partial charge in [0, 0.05) is 6.42 Å². The summed E-state index contributed by atoms with van der Waals surface area (Å²) in [5, 5.41) is 11.4. The second kappa shape index (κ2) is 7.07. The van der Waals surface area contributed by atoms with Crippen molar-refractivity contribution >= 4 is 17.6 Å². The zero-order chi connectivity index (χ0) is 13.4. The molecule has 0 saturated heterocycles. The van der Waals surface area contributed by atoms with Gasteiger partial charge in [-0.05, 0) is 18.6 Å². The van der Waals surface area contributed by atoms with Gasteiger partial charge in [0.05, 0.1) is 11.3 Å². The third-order valence-electron chi connectivity index (χ3n) is 2.14. The molecule has 0 aromatic heterocycles. The van der Waals surface area contributed by atoms with Crippen molar-refractivity contribution in [3.63, 3.8) is 0 Å². The maximum absolute atomic E-state index is 11.5. The number of carbonyl (C=O) groups is 2. The van der Waals surface area contributed by atoms with E-state index in [4.69, 9.17) is 10.00 Å². The second-order valence-electron chi connectivity index (χ2n) is 3.62. The summed E-state index contributed by atoms with van der Waals surface area (Å²) in [4.78, 5) is 22.6. The molecule has 0 bridgehead atoms. The van der Waals surface area contributed by atoms with Crippen molar-refractivity contribution in [3.8, 4) is 6.07 Å². The molecule has 94 valence electrons. The summed E-state index contributed by atoms with van der Waals surface area (Å²) < 4.78 is 4.76. The number of nitrogens with zero attached hydrogens (tertiary/aromatic N) is 1. The Morgan fingerprint density at radius 1 is 1.39 bits per heavy atom. The minimum Gasteiger partial charge on any atom is -0.456 e. The monoisotopic (exact) mass is 246 g/mol. The number of ether oxygens (including phenoxy) is 1. The fraction of sp³-hybridized carbons (Fsp3) is 0.308. The largest absolute Gasteiger partial charge is 0.456 e. The SMILES string of the molecule is CCCC(=O)OCC(=O)Nc1ccccc1C#N. The van der Waals surface area contributed by atoms with E-state index in [1.54, 1.807) is 24.3 Å². The Morgan fingerprint density at radius 2 is 2.11 bits per heavy atom. The Bertz CT molecular complexity index is 477. The molecular weight excluding hydrogens is 232 g/mol. The molecule has 1 aromatic carbocycles. The van der Waals surface area contributed by atoms with E-state index < -0.39 is 11.9 Å². The first-order valence-corrected chi connectivity index (χ1v) is 5.62. The van der Waals surface area contributed by atoms with Gasteiger partial charge in [0.25, 0.3) is 5.91 Å². The lowest BCUT2D eigenvalue weighted by atomic mass is 10.2. The minimum absolute atomic E-state index is 0.294. The Kier molecular flexibility index (Phi) is 5.39. The lowest BCUT2D eigenvalue weighted by Gasteiger charge is -2.07. The number of esters is 1. The van der Waals surface area contributed by atoms with E-state index in [0.29, 0.717) is 24.1 Å². The molecule has 1 rings (SSSR count). The molecule has 0 aliphatic rings. The van der Waals surface area contributed by atoms with Crippen LogP contribution in [0, 0.1) is 11.3 Å². The van der Waals surface area contributed by atoms with E-state index in [9.17, 15) is 9.59 Å². The molecule has 1 N–H and O–H groups in total. The van der Waals surface area contributed by atoms with Crippen LogP contribution < -0.4 is 5.32 Å². The van der Waals surface area contributed by atoms with Crippen LogP contribution in [-0.4, -0.2) is 18.5 Å². The number of nitrogens with one attached hydrogen (secondary N) is 1. The molecule has 1 aromatic rings. The second-order valence-corrected chi connectivity index (χ2v) is 3.62. The summed E-state index contributed by atoms with van der Waals surface area (Å²) in [5.74, 6) is -0.858. The van der Waals surface area contributed by atoms with Crippen LogP contribution in [0.5, 0.6) is 0 Å². The van der Waals surface area contributed by atoms with Gasteiger partial charge in [-0.1, -0.05) is 19.1 Å². The summed E-state index contributed by atoms with van der Waals surface area (Å²) >= 11 is 0. The standard InChI is InChI=1S/C13H14N2O3/c1-2-5-13(17)18-9-12(16)15-11-7-4-3-6-10(11)8-14/h3-4,6-7H,2,5,9H2,1H3,(H,15,16). The minimum atomic E-state index is -0.456. The summed E-state index contributed by atoms with van der Waals surface area (Å²) in [6.45, 7) is 1.52. The summed E-state index contributed by atoms with van der Waals surface area (Å²) in [6, 6.07) is 8.59. The average molecular weight is 246 g/mol. The van der Waals surface area contributed by atoms with Crippen molar-refractivity contribution in [3.05, 3.63) is 29.8 Å². The van der Waals surface area contributed by atoms with E-state index in [1.165, 1.54) is 0 Å². The van der Waals surface area contributed by atoms with E-state index >= 15 is 0 Å². The van der Waals surface area contributed by atoms with Crippen molar-refractivity contribution in [2.45, 2.75) is 19.8 Å². The highest BCUT2D eigenvalue weighted by molar-refractivity contribution is 5.93. The van der Waals surface area contributed by atoms with Crippen molar-refractivity contribution in [2.75, 3.05) is 11.9 Å². The Morgan fingerprint density at radius 3 is 2.78 bits per heavy atom. The molecule has 0 heterocycles. The fourth-order valence-corrected chi connectivity index (χ4v) is 1.30. The molecular formula is C13H14N2O3. The van der Waals surface area contributed by atoms with Gasteiger partial charge in [0.1, 0.15) is 6.07 Å². The lowest BCUT2D eigenvalue weighted by Crippen LogP contribution is -2.21. The maximum Gasteiger partial charge on any atom is 0.306 e. The van der Waals surface area contributed by atoms with E-state index in [0.717, 1.165) is 0 Å². The average Bonchev–Trinajstić information content (AvgIpc) is 2.37. The van der Waals surface area contributed by atoms with Gasteiger partial charge in [-0.3, -0.25) is 9.59 Å². The van der Waals surface area contributed by atoms with Crippen LogP contribution >= 0.6 is 0 Å². The van der Waals surface area contributed by atoms with Crippen LogP contribution in [0.4, 0.5) is 5.69 Å². The summed E-state index contributed by atoms with van der Waals surface area (Å²) in [7, 11) is 0. The number of carbonyl (C=O) groups excluding carboxylic acids is 2. The van der Waals surface area contributed by atoms with Crippen LogP contribution in [-0.2, 0) is 14.3 Å². The quantitative estimate of drug-likeness (QED) is 0.804. The van der Waals surface area contributed by atoms with Gasteiger partial charge in [-0.15, -0.1) is 0 Å².